The molecule has 0 radical (unpaired) electrons. The van der Waals surface area contributed by atoms with Gasteiger partial charge in [-0.2, -0.15) is 0 Å². The van der Waals surface area contributed by atoms with Crippen LogP contribution in [0.25, 0.3) is 0 Å². The van der Waals surface area contributed by atoms with Crippen LogP contribution in [0.2, 0.25) is 0 Å². The molecule has 0 saturated heterocycles. The predicted molar refractivity (Wildman–Crippen MR) is 96.5 cm³/mol. The van der Waals surface area contributed by atoms with Gasteiger partial charge in [-0.05, 0) is 38.0 Å². The number of nitrogens with zero attached hydrogens (tertiary/aromatic N) is 2. The van der Waals surface area contributed by atoms with E-state index in [1.165, 1.54) is 6.92 Å². The fourth-order valence-corrected chi connectivity index (χ4v) is 3.08. The Bertz CT molecular complexity index is 981. The molecule has 1 aliphatic heterocycles. The molecule has 2 heterocycles. The van der Waals surface area contributed by atoms with Gasteiger partial charge < -0.3 is 11.1 Å². The Morgan fingerprint density at radius 3 is 2.55 bits per heavy atom. The number of anilines is 1. The molecular formula is C19H17F5N4O. The Labute approximate surface area is 162 Å². The second-order valence-electron chi connectivity index (χ2n) is 7.01. The van der Waals surface area contributed by atoms with Crippen molar-refractivity contribution in [2.24, 2.45) is 10.7 Å². The molecule has 2 aromatic rings. The Morgan fingerprint density at radius 1 is 1.24 bits per heavy atom. The molecule has 1 amide bonds. The summed E-state index contributed by atoms with van der Waals surface area (Å²) in [5, 5.41) is 2.34. The van der Waals surface area contributed by atoms with Gasteiger partial charge in [0.05, 0.1) is 11.7 Å². The molecule has 0 saturated carbocycles. The highest BCUT2D eigenvalue weighted by molar-refractivity contribution is 6.02. The van der Waals surface area contributed by atoms with Crippen molar-refractivity contribution in [2.75, 3.05) is 12.0 Å². The zero-order valence-electron chi connectivity index (χ0n) is 15.3. The van der Waals surface area contributed by atoms with Crippen molar-refractivity contribution in [1.29, 1.82) is 0 Å². The topological polar surface area (TPSA) is 80.4 Å². The van der Waals surface area contributed by atoms with E-state index < -0.39 is 47.1 Å². The van der Waals surface area contributed by atoms with Crippen LogP contribution in [0.1, 0.15) is 35.8 Å². The second-order valence-corrected chi connectivity index (χ2v) is 7.01. The van der Waals surface area contributed by atoms with Crippen LogP contribution < -0.4 is 11.1 Å². The maximum absolute atomic E-state index is 14.5. The molecule has 3 N–H and O–H groups in total. The van der Waals surface area contributed by atoms with Gasteiger partial charge in [0, 0.05) is 17.3 Å². The summed E-state index contributed by atoms with van der Waals surface area (Å²) in [6.07, 6.45) is 0.327. The first-order valence-corrected chi connectivity index (χ1v) is 8.61. The molecule has 10 heteroatoms. The first kappa shape index (κ1) is 20.7. The predicted octanol–water partition coefficient (Wildman–Crippen LogP) is 3.80. The van der Waals surface area contributed by atoms with E-state index in [2.05, 4.69) is 15.3 Å². The number of amidine groups is 1. The molecule has 154 valence electrons. The van der Waals surface area contributed by atoms with Crippen LogP contribution in [0.3, 0.4) is 0 Å². The summed E-state index contributed by atoms with van der Waals surface area (Å²) >= 11 is 0. The summed E-state index contributed by atoms with van der Waals surface area (Å²) in [4.78, 5) is 19.7. The van der Waals surface area contributed by atoms with E-state index in [1.54, 1.807) is 0 Å². The SMILES string of the molecule is C[C@@]1(c2cc(NC(=O)c3ccc(F)cn3)cc(F)c2F)CC[C@@](F)(CF)C(N)=N1. The third-order valence-corrected chi connectivity index (χ3v) is 4.87. The van der Waals surface area contributed by atoms with Crippen molar-refractivity contribution in [1.82, 2.24) is 4.98 Å². The first-order valence-electron chi connectivity index (χ1n) is 8.61. The number of hydrogen-bond acceptors (Lipinski definition) is 4. The van der Waals surface area contributed by atoms with E-state index in [-0.39, 0.29) is 29.8 Å². The number of aromatic nitrogens is 1. The van der Waals surface area contributed by atoms with Crippen molar-refractivity contribution in [3.63, 3.8) is 0 Å². The number of benzene rings is 1. The molecule has 0 bridgehead atoms. The molecule has 2 atom stereocenters. The lowest BCUT2D eigenvalue weighted by Gasteiger charge is -2.36. The molecule has 0 aliphatic carbocycles. The normalized spacial score (nSPS) is 24.1. The summed E-state index contributed by atoms with van der Waals surface area (Å²) in [5.41, 5.74) is 1.09. The molecule has 5 nitrogen and oxygen atoms in total. The second kappa shape index (κ2) is 7.41. The molecule has 0 unspecified atom stereocenters. The molecular weight excluding hydrogens is 395 g/mol. The number of alkyl halides is 2. The first-order chi connectivity index (χ1) is 13.6. The van der Waals surface area contributed by atoms with Gasteiger partial charge in [-0.1, -0.05) is 0 Å². The average Bonchev–Trinajstić information content (AvgIpc) is 2.68. The van der Waals surface area contributed by atoms with Crippen molar-refractivity contribution in [3.8, 4) is 0 Å². The van der Waals surface area contributed by atoms with Gasteiger partial charge >= 0.3 is 0 Å². The number of halogens is 5. The number of amides is 1. The quantitative estimate of drug-likeness (QED) is 0.750. The molecule has 1 aliphatic rings. The van der Waals surface area contributed by atoms with Crippen LogP contribution in [-0.4, -0.2) is 29.1 Å². The number of nitrogens with two attached hydrogens (primary N) is 1. The Hall–Kier alpha value is -3.04. The number of carbonyl (C=O) groups excluding carboxylic acids is 1. The number of nitrogens with one attached hydrogen (secondary N) is 1. The van der Waals surface area contributed by atoms with E-state index >= 15 is 0 Å². The summed E-state index contributed by atoms with van der Waals surface area (Å²) in [7, 11) is 0. The van der Waals surface area contributed by atoms with E-state index in [1.807, 2.05) is 0 Å². The highest BCUT2D eigenvalue weighted by Gasteiger charge is 2.45. The molecule has 1 aromatic carbocycles. The van der Waals surface area contributed by atoms with Gasteiger partial charge in [-0.15, -0.1) is 0 Å². The molecule has 3 rings (SSSR count). The van der Waals surface area contributed by atoms with E-state index in [4.69, 9.17) is 5.73 Å². The summed E-state index contributed by atoms with van der Waals surface area (Å²) < 4.78 is 68.9. The lowest BCUT2D eigenvalue weighted by molar-refractivity contribution is 0.102. The van der Waals surface area contributed by atoms with Gasteiger partial charge in [0.25, 0.3) is 5.91 Å². The fourth-order valence-electron chi connectivity index (χ4n) is 3.08. The Kier molecular flexibility index (Phi) is 5.29. The summed E-state index contributed by atoms with van der Waals surface area (Å²) in [5.74, 6) is -4.58. The average molecular weight is 412 g/mol. The number of aliphatic imine (C=N–C) groups is 1. The molecule has 29 heavy (non-hydrogen) atoms. The van der Waals surface area contributed by atoms with Gasteiger partial charge in [0.1, 0.15) is 24.0 Å². The number of rotatable bonds is 4. The van der Waals surface area contributed by atoms with Gasteiger partial charge in [-0.3, -0.25) is 9.79 Å². The third kappa shape index (κ3) is 3.92. The lowest BCUT2D eigenvalue weighted by Crippen LogP contribution is -2.48. The van der Waals surface area contributed by atoms with Gasteiger partial charge in [-0.25, -0.2) is 26.9 Å². The van der Waals surface area contributed by atoms with E-state index in [9.17, 15) is 26.7 Å². The van der Waals surface area contributed by atoms with Crippen molar-refractivity contribution >= 4 is 17.4 Å². The van der Waals surface area contributed by atoms with Crippen LogP contribution in [-0.2, 0) is 5.54 Å². The smallest absolute Gasteiger partial charge is 0.274 e. The van der Waals surface area contributed by atoms with Crippen LogP contribution in [0.15, 0.2) is 35.5 Å². The minimum Gasteiger partial charge on any atom is -0.385 e. The minimum absolute atomic E-state index is 0.118. The lowest BCUT2D eigenvalue weighted by atomic mass is 9.80. The van der Waals surface area contributed by atoms with Crippen LogP contribution in [0.4, 0.5) is 27.6 Å². The van der Waals surface area contributed by atoms with Gasteiger partial charge in [0.2, 0.25) is 0 Å². The number of hydrogen-bond donors (Lipinski definition) is 2. The fraction of sp³-hybridized carbons (Fsp3) is 0.316. The van der Waals surface area contributed by atoms with E-state index in [0.717, 1.165) is 30.5 Å². The zero-order valence-corrected chi connectivity index (χ0v) is 15.3. The van der Waals surface area contributed by atoms with Crippen LogP contribution in [0.5, 0.6) is 0 Å². The number of carbonyl (C=O) groups is 1. The third-order valence-electron chi connectivity index (χ3n) is 4.87. The molecule has 1 aromatic heterocycles. The zero-order chi connectivity index (χ0) is 21.4. The standard InChI is InChI=1S/C19H17F5N4O/c1-18(4-5-19(24,9-20)17(25)28-18)12-6-11(7-13(22)15(12)23)27-16(29)14-3-2-10(21)8-26-14/h2-3,6-8H,4-5,9H2,1H3,(H2,25,28)(H,27,29)/t18-,19+/m0/s1. The largest absolute Gasteiger partial charge is 0.385 e. The van der Waals surface area contributed by atoms with Gasteiger partial charge in [0.15, 0.2) is 17.3 Å². The Morgan fingerprint density at radius 2 is 1.97 bits per heavy atom. The minimum atomic E-state index is -2.45. The molecule has 0 spiro atoms. The molecule has 0 fully saturated rings. The van der Waals surface area contributed by atoms with Crippen molar-refractivity contribution in [3.05, 3.63) is 59.2 Å². The maximum atomic E-state index is 14.5. The van der Waals surface area contributed by atoms with Crippen LogP contribution >= 0.6 is 0 Å². The number of pyridine rings is 1. The highest BCUT2D eigenvalue weighted by Crippen LogP contribution is 2.41. The van der Waals surface area contributed by atoms with Crippen LogP contribution in [0, 0.1) is 17.5 Å². The van der Waals surface area contributed by atoms with Crippen molar-refractivity contribution in [2.45, 2.75) is 31.0 Å². The highest BCUT2D eigenvalue weighted by atomic mass is 19.2. The van der Waals surface area contributed by atoms with E-state index in [0.29, 0.717) is 0 Å². The maximum Gasteiger partial charge on any atom is 0.274 e. The Balaban J connectivity index is 1.96. The van der Waals surface area contributed by atoms with Crippen molar-refractivity contribution < 1.29 is 26.7 Å². The monoisotopic (exact) mass is 412 g/mol. The summed E-state index contributed by atoms with van der Waals surface area (Å²) in [6.45, 7) is 0.0265. The summed E-state index contributed by atoms with van der Waals surface area (Å²) in [6, 6.07) is 4.03.